The molecule has 0 spiro atoms. The largest absolute Gasteiger partial charge is 0.367 e. The van der Waals surface area contributed by atoms with Gasteiger partial charge in [-0.2, -0.15) is 0 Å². The Hall–Kier alpha value is -3.85. The number of fused-ring (bicyclic) bond motifs is 1. The van der Waals surface area contributed by atoms with Crippen molar-refractivity contribution in [2.24, 2.45) is 0 Å². The number of aryl methyl sites for hydroxylation is 1. The van der Waals surface area contributed by atoms with Gasteiger partial charge in [0.15, 0.2) is 5.78 Å². The average Bonchev–Trinajstić information content (AvgIpc) is 2.83. The number of halogens is 1. The second kappa shape index (κ2) is 9.33. The Bertz CT molecular complexity index is 1310. The highest BCUT2D eigenvalue weighted by atomic mass is 19.1. The van der Waals surface area contributed by atoms with Crippen LogP contribution in [0.3, 0.4) is 0 Å². The van der Waals surface area contributed by atoms with Crippen LogP contribution in [0.25, 0.3) is 17.0 Å². The van der Waals surface area contributed by atoms with E-state index in [2.05, 4.69) is 5.32 Å². The first-order chi connectivity index (χ1) is 15.9. The third-order valence-corrected chi connectivity index (χ3v) is 5.74. The molecule has 1 saturated heterocycles. The van der Waals surface area contributed by atoms with Gasteiger partial charge in [-0.25, -0.2) is 4.39 Å². The van der Waals surface area contributed by atoms with Crippen LogP contribution in [0.1, 0.15) is 22.8 Å². The molecular weight excluding hydrogens is 427 g/mol. The summed E-state index contributed by atoms with van der Waals surface area (Å²) in [6, 6.07) is 8.60. The Morgan fingerprint density at radius 2 is 1.91 bits per heavy atom. The number of piperazine rings is 1. The van der Waals surface area contributed by atoms with E-state index >= 15 is 0 Å². The zero-order valence-corrected chi connectivity index (χ0v) is 18.1. The number of benzene rings is 2. The fourth-order valence-electron chi connectivity index (χ4n) is 3.95. The number of rotatable bonds is 6. The Labute approximate surface area is 189 Å². The highest BCUT2D eigenvalue weighted by molar-refractivity contribution is 6.08. The SMILES string of the molecule is CCn1cc(C(=O)/C=C/c2ccc([N+](=O)[O-])cc2)c(=O)c2cc(F)c(N3CCNCC3)cc21. The number of carbonyl (C=O) groups is 1. The van der Waals surface area contributed by atoms with Crippen molar-refractivity contribution >= 4 is 34.1 Å². The molecular formula is C24H23FN4O4. The minimum atomic E-state index is -0.529. The van der Waals surface area contributed by atoms with E-state index in [1.165, 1.54) is 48.7 Å². The molecule has 2 heterocycles. The summed E-state index contributed by atoms with van der Waals surface area (Å²) < 4.78 is 16.7. The molecule has 0 amide bonds. The number of hydrogen-bond donors (Lipinski definition) is 1. The number of aromatic nitrogens is 1. The predicted molar refractivity (Wildman–Crippen MR) is 125 cm³/mol. The molecule has 1 N–H and O–H groups in total. The molecule has 4 rings (SSSR count). The average molecular weight is 450 g/mol. The maximum atomic E-state index is 15.0. The van der Waals surface area contributed by atoms with Gasteiger partial charge < -0.3 is 14.8 Å². The van der Waals surface area contributed by atoms with Gasteiger partial charge in [0, 0.05) is 56.4 Å². The lowest BCUT2D eigenvalue weighted by molar-refractivity contribution is -0.384. The van der Waals surface area contributed by atoms with Crippen molar-refractivity contribution in [2.75, 3.05) is 31.1 Å². The summed E-state index contributed by atoms with van der Waals surface area (Å²) in [6.07, 6.45) is 4.24. The molecule has 0 unspecified atom stereocenters. The normalized spacial score (nSPS) is 14.2. The molecule has 1 aliphatic heterocycles. The summed E-state index contributed by atoms with van der Waals surface area (Å²) in [5, 5.41) is 14.2. The quantitative estimate of drug-likeness (QED) is 0.268. The lowest BCUT2D eigenvalue weighted by Crippen LogP contribution is -2.43. The van der Waals surface area contributed by atoms with Gasteiger partial charge in [-0.05, 0) is 42.8 Å². The van der Waals surface area contributed by atoms with Crippen molar-refractivity contribution in [3.05, 3.63) is 86.0 Å². The number of nitro benzene ring substituents is 1. The summed E-state index contributed by atoms with van der Waals surface area (Å²) >= 11 is 0. The van der Waals surface area contributed by atoms with E-state index in [1.54, 1.807) is 10.6 Å². The van der Waals surface area contributed by atoms with Crippen molar-refractivity contribution in [3.63, 3.8) is 0 Å². The number of pyridine rings is 1. The molecule has 1 aliphatic rings. The number of non-ortho nitro benzene ring substituents is 1. The van der Waals surface area contributed by atoms with E-state index in [9.17, 15) is 24.1 Å². The number of ketones is 1. The van der Waals surface area contributed by atoms with Crippen molar-refractivity contribution in [1.82, 2.24) is 9.88 Å². The standard InChI is InChI=1S/C24H23FN4O4/c1-2-27-15-19(23(30)8-5-16-3-6-17(7-4-16)29(32)33)24(31)18-13-20(25)22(14-21(18)27)28-11-9-26-10-12-28/h3-8,13-15,26H,2,9-12H2,1H3/b8-5+. The molecule has 1 aromatic heterocycles. The molecule has 170 valence electrons. The maximum Gasteiger partial charge on any atom is 0.269 e. The summed E-state index contributed by atoms with van der Waals surface area (Å²) in [6.45, 7) is 5.24. The minimum absolute atomic E-state index is 0.0546. The van der Waals surface area contributed by atoms with Crippen LogP contribution < -0.4 is 15.6 Å². The molecule has 0 radical (unpaired) electrons. The van der Waals surface area contributed by atoms with E-state index in [0.29, 0.717) is 36.4 Å². The number of nitrogens with one attached hydrogen (secondary N) is 1. The van der Waals surface area contributed by atoms with Crippen molar-refractivity contribution in [3.8, 4) is 0 Å². The van der Waals surface area contributed by atoms with Gasteiger partial charge in [0.2, 0.25) is 5.43 Å². The highest BCUT2D eigenvalue weighted by Crippen LogP contribution is 2.26. The summed E-state index contributed by atoms with van der Waals surface area (Å²) in [5.41, 5.74) is 0.963. The number of nitro groups is 1. The molecule has 2 aromatic carbocycles. The Morgan fingerprint density at radius 3 is 2.55 bits per heavy atom. The number of carbonyl (C=O) groups excluding carboxylic acids is 1. The van der Waals surface area contributed by atoms with Gasteiger partial charge in [-0.3, -0.25) is 19.7 Å². The van der Waals surface area contributed by atoms with Gasteiger partial charge in [-0.1, -0.05) is 6.08 Å². The molecule has 0 saturated carbocycles. The third-order valence-electron chi connectivity index (χ3n) is 5.74. The van der Waals surface area contributed by atoms with Crippen LogP contribution in [-0.4, -0.2) is 41.5 Å². The molecule has 0 bridgehead atoms. The van der Waals surface area contributed by atoms with E-state index in [4.69, 9.17) is 0 Å². The lowest BCUT2D eigenvalue weighted by atomic mass is 10.1. The van der Waals surface area contributed by atoms with E-state index in [1.807, 2.05) is 11.8 Å². The molecule has 33 heavy (non-hydrogen) atoms. The summed E-state index contributed by atoms with van der Waals surface area (Å²) in [5.74, 6) is -1.01. The van der Waals surface area contributed by atoms with Gasteiger partial charge in [0.05, 0.1) is 21.7 Å². The van der Waals surface area contributed by atoms with Gasteiger partial charge in [-0.15, -0.1) is 0 Å². The first-order valence-corrected chi connectivity index (χ1v) is 10.7. The van der Waals surface area contributed by atoms with Crippen LogP contribution in [0.2, 0.25) is 0 Å². The predicted octanol–water partition coefficient (Wildman–Crippen LogP) is 3.37. The first kappa shape index (κ1) is 22.3. The van der Waals surface area contributed by atoms with E-state index < -0.39 is 22.0 Å². The number of nitrogens with zero attached hydrogens (tertiary/aromatic N) is 3. The maximum absolute atomic E-state index is 15.0. The molecule has 0 atom stereocenters. The van der Waals surface area contributed by atoms with Crippen LogP contribution in [0.4, 0.5) is 15.8 Å². The number of allylic oxidation sites excluding steroid dienone is 1. The number of hydrogen-bond acceptors (Lipinski definition) is 6. The van der Waals surface area contributed by atoms with Crippen LogP contribution in [0.15, 0.2) is 53.5 Å². The summed E-state index contributed by atoms with van der Waals surface area (Å²) in [4.78, 5) is 38.1. The Morgan fingerprint density at radius 1 is 1.21 bits per heavy atom. The van der Waals surface area contributed by atoms with Gasteiger partial charge >= 0.3 is 0 Å². The van der Waals surface area contributed by atoms with Gasteiger partial charge in [0.25, 0.3) is 5.69 Å². The van der Waals surface area contributed by atoms with Crippen LogP contribution in [0.5, 0.6) is 0 Å². The van der Waals surface area contributed by atoms with Crippen molar-refractivity contribution < 1.29 is 14.1 Å². The molecule has 8 nitrogen and oxygen atoms in total. The fourth-order valence-corrected chi connectivity index (χ4v) is 3.95. The monoisotopic (exact) mass is 450 g/mol. The van der Waals surface area contributed by atoms with Crippen LogP contribution >= 0.6 is 0 Å². The van der Waals surface area contributed by atoms with E-state index in [-0.39, 0.29) is 16.6 Å². The number of anilines is 1. The second-order valence-corrected chi connectivity index (χ2v) is 7.76. The van der Waals surface area contributed by atoms with Gasteiger partial charge in [0.1, 0.15) is 5.82 Å². The third kappa shape index (κ3) is 4.54. The molecule has 0 aliphatic carbocycles. The topological polar surface area (TPSA) is 97.5 Å². The Balaban J connectivity index is 1.70. The van der Waals surface area contributed by atoms with Crippen LogP contribution in [-0.2, 0) is 6.54 Å². The zero-order valence-electron chi connectivity index (χ0n) is 18.1. The molecule has 9 heteroatoms. The Kier molecular flexibility index (Phi) is 6.32. The van der Waals surface area contributed by atoms with Crippen LogP contribution in [0, 0.1) is 15.9 Å². The smallest absolute Gasteiger partial charge is 0.269 e. The van der Waals surface area contributed by atoms with E-state index in [0.717, 1.165) is 13.1 Å². The molecule has 3 aromatic rings. The lowest BCUT2D eigenvalue weighted by Gasteiger charge is -2.30. The molecule has 1 fully saturated rings. The first-order valence-electron chi connectivity index (χ1n) is 10.7. The summed E-state index contributed by atoms with van der Waals surface area (Å²) in [7, 11) is 0. The second-order valence-electron chi connectivity index (χ2n) is 7.76. The highest BCUT2D eigenvalue weighted by Gasteiger charge is 2.19. The minimum Gasteiger partial charge on any atom is -0.367 e. The zero-order chi connectivity index (χ0) is 23.5. The van der Waals surface area contributed by atoms with Crippen molar-refractivity contribution in [2.45, 2.75) is 13.5 Å². The van der Waals surface area contributed by atoms with Crippen molar-refractivity contribution in [1.29, 1.82) is 0 Å². The fraction of sp³-hybridized carbons (Fsp3) is 0.250.